The second-order valence-corrected chi connectivity index (χ2v) is 3.25. The van der Waals surface area contributed by atoms with E-state index in [0.717, 1.165) is 11.2 Å². The van der Waals surface area contributed by atoms with E-state index in [4.69, 9.17) is 17.3 Å². The zero-order chi connectivity index (χ0) is 9.42. The molecule has 0 aliphatic rings. The van der Waals surface area contributed by atoms with E-state index in [1.165, 1.54) is 0 Å². The van der Waals surface area contributed by atoms with Gasteiger partial charge in [-0.05, 0) is 24.6 Å². The Morgan fingerprint density at radius 2 is 2.31 bits per heavy atom. The third-order valence-corrected chi connectivity index (χ3v) is 2.17. The van der Waals surface area contributed by atoms with Gasteiger partial charge in [-0.1, -0.05) is 6.07 Å². The average molecular weight is 197 g/mol. The first-order valence-corrected chi connectivity index (χ1v) is 4.32. The fourth-order valence-corrected chi connectivity index (χ4v) is 1.44. The van der Waals surface area contributed by atoms with Gasteiger partial charge in [0.05, 0.1) is 0 Å². The predicted octanol–water partition coefficient (Wildman–Crippen LogP) is 1.40. The van der Waals surface area contributed by atoms with Crippen LogP contribution in [0.4, 0.5) is 0 Å². The maximum atomic E-state index is 5.80. The molecule has 0 spiro atoms. The molecule has 0 fully saturated rings. The van der Waals surface area contributed by atoms with E-state index >= 15 is 0 Å². The summed E-state index contributed by atoms with van der Waals surface area (Å²) in [7, 11) is 0. The van der Waals surface area contributed by atoms with E-state index in [2.05, 4.69) is 10.2 Å². The molecule has 0 aromatic carbocycles. The van der Waals surface area contributed by atoms with Crippen LogP contribution in [0.2, 0.25) is 5.28 Å². The number of rotatable bonds is 1. The number of halogens is 1. The van der Waals surface area contributed by atoms with Crippen LogP contribution >= 0.6 is 11.6 Å². The van der Waals surface area contributed by atoms with E-state index < -0.39 is 0 Å². The van der Waals surface area contributed by atoms with Crippen molar-refractivity contribution in [3.63, 3.8) is 0 Å². The van der Waals surface area contributed by atoms with Crippen LogP contribution in [-0.4, -0.2) is 14.6 Å². The van der Waals surface area contributed by atoms with E-state index in [1.807, 2.05) is 25.3 Å². The molecule has 2 aromatic rings. The summed E-state index contributed by atoms with van der Waals surface area (Å²) in [6.45, 7) is 1.90. The maximum absolute atomic E-state index is 5.80. The van der Waals surface area contributed by atoms with E-state index in [1.54, 1.807) is 4.40 Å². The molecule has 0 radical (unpaired) electrons. The highest BCUT2D eigenvalue weighted by atomic mass is 35.5. The summed E-state index contributed by atoms with van der Waals surface area (Å²) in [5.74, 6) is 0. The molecular formula is C8H9ClN4. The summed E-state index contributed by atoms with van der Waals surface area (Å²) < 4.78 is 1.71. The van der Waals surface area contributed by atoms with E-state index in [9.17, 15) is 0 Å². The molecule has 2 N–H and O–H groups in total. The Kier molecular flexibility index (Phi) is 1.94. The highest BCUT2D eigenvalue weighted by Crippen LogP contribution is 2.17. The SMILES string of the molecule is CC(N)c1cccn2c(Cl)nnc12. The predicted molar refractivity (Wildman–Crippen MR) is 50.6 cm³/mol. The lowest BCUT2D eigenvalue weighted by atomic mass is 10.1. The minimum absolute atomic E-state index is 0.0658. The van der Waals surface area contributed by atoms with Crippen LogP contribution in [0, 0.1) is 0 Å². The summed E-state index contributed by atoms with van der Waals surface area (Å²) in [6, 6.07) is 3.73. The van der Waals surface area contributed by atoms with Gasteiger partial charge in [0.15, 0.2) is 5.65 Å². The molecule has 0 aliphatic heterocycles. The molecule has 2 heterocycles. The quantitative estimate of drug-likeness (QED) is 0.750. The molecule has 2 aromatic heterocycles. The Morgan fingerprint density at radius 1 is 1.54 bits per heavy atom. The Bertz CT molecular complexity index is 435. The molecule has 0 amide bonds. The fourth-order valence-electron chi connectivity index (χ4n) is 1.26. The maximum Gasteiger partial charge on any atom is 0.229 e. The van der Waals surface area contributed by atoms with Crippen molar-refractivity contribution in [1.29, 1.82) is 0 Å². The van der Waals surface area contributed by atoms with Crippen molar-refractivity contribution in [3.05, 3.63) is 29.2 Å². The second kappa shape index (κ2) is 2.97. The molecule has 0 saturated heterocycles. The lowest BCUT2D eigenvalue weighted by molar-refractivity contribution is 0.815. The van der Waals surface area contributed by atoms with Crippen molar-refractivity contribution >= 4 is 17.2 Å². The van der Waals surface area contributed by atoms with Crippen LogP contribution in [0.5, 0.6) is 0 Å². The smallest absolute Gasteiger partial charge is 0.229 e. The lowest BCUT2D eigenvalue weighted by Crippen LogP contribution is -2.06. The van der Waals surface area contributed by atoms with Gasteiger partial charge in [0, 0.05) is 17.8 Å². The molecule has 2 rings (SSSR count). The Labute approximate surface area is 80.3 Å². The summed E-state index contributed by atoms with van der Waals surface area (Å²) >= 11 is 5.80. The normalized spacial score (nSPS) is 13.5. The molecule has 0 bridgehead atoms. The molecule has 1 atom stereocenters. The van der Waals surface area contributed by atoms with Crippen LogP contribution in [0.25, 0.3) is 5.65 Å². The minimum Gasteiger partial charge on any atom is -0.324 e. The highest BCUT2D eigenvalue weighted by molar-refractivity contribution is 6.28. The number of nitrogens with zero attached hydrogens (tertiary/aromatic N) is 3. The third kappa shape index (κ3) is 1.28. The largest absolute Gasteiger partial charge is 0.324 e. The van der Waals surface area contributed by atoms with Crippen molar-refractivity contribution in [3.8, 4) is 0 Å². The molecule has 13 heavy (non-hydrogen) atoms. The Morgan fingerprint density at radius 3 is 3.00 bits per heavy atom. The van der Waals surface area contributed by atoms with Crippen molar-refractivity contribution in [2.45, 2.75) is 13.0 Å². The van der Waals surface area contributed by atoms with Gasteiger partial charge < -0.3 is 5.73 Å². The molecule has 0 aliphatic carbocycles. The topological polar surface area (TPSA) is 56.2 Å². The van der Waals surface area contributed by atoms with Crippen molar-refractivity contribution in [2.24, 2.45) is 5.73 Å². The Hall–Kier alpha value is -1.13. The van der Waals surface area contributed by atoms with Crippen LogP contribution in [-0.2, 0) is 0 Å². The number of fused-ring (bicyclic) bond motifs is 1. The van der Waals surface area contributed by atoms with Crippen molar-refractivity contribution < 1.29 is 0 Å². The zero-order valence-corrected chi connectivity index (χ0v) is 7.86. The van der Waals surface area contributed by atoms with Crippen LogP contribution < -0.4 is 5.73 Å². The molecule has 1 unspecified atom stereocenters. The van der Waals surface area contributed by atoms with E-state index in [-0.39, 0.29) is 6.04 Å². The summed E-state index contributed by atoms with van der Waals surface area (Å²) in [5.41, 5.74) is 7.44. The molecule has 4 nitrogen and oxygen atoms in total. The number of hydrogen-bond acceptors (Lipinski definition) is 3. The number of hydrogen-bond donors (Lipinski definition) is 1. The number of nitrogens with two attached hydrogens (primary N) is 1. The van der Waals surface area contributed by atoms with Crippen LogP contribution in [0.1, 0.15) is 18.5 Å². The molecule has 68 valence electrons. The van der Waals surface area contributed by atoms with Gasteiger partial charge >= 0.3 is 0 Å². The Balaban J connectivity index is 2.77. The standard InChI is InChI=1S/C8H9ClN4/c1-5(10)6-3-2-4-13-7(6)11-12-8(13)9/h2-5H,10H2,1H3. The average Bonchev–Trinajstić information content (AvgIpc) is 2.48. The summed E-state index contributed by atoms with van der Waals surface area (Å²) in [4.78, 5) is 0. The van der Waals surface area contributed by atoms with Crippen LogP contribution in [0.15, 0.2) is 18.3 Å². The van der Waals surface area contributed by atoms with Gasteiger partial charge in [0.2, 0.25) is 5.28 Å². The highest BCUT2D eigenvalue weighted by Gasteiger charge is 2.09. The van der Waals surface area contributed by atoms with Gasteiger partial charge in [0.1, 0.15) is 0 Å². The molecular weight excluding hydrogens is 188 g/mol. The van der Waals surface area contributed by atoms with Gasteiger partial charge in [-0.3, -0.25) is 4.40 Å². The van der Waals surface area contributed by atoms with Crippen LogP contribution in [0.3, 0.4) is 0 Å². The summed E-state index contributed by atoms with van der Waals surface area (Å²) in [5, 5.41) is 8.06. The van der Waals surface area contributed by atoms with Gasteiger partial charge in [0.25, 0.3) is 0 Å². The van der Waals surface area contributed by atoms with E-state index in [0.29, 0.717) is 5.28 Å². The number of aromatic nitrogens is 3. The zero-order valence-electron chi connectivity index (χ0n) is 7.11. The van der Waals surface area contributed by atoms with Crippen molar-refractivity contribution in [2.75, 3.05) is 0 Å². The van der Waals surface area contributed by atoms with Crippen molar-refractivity contribution in [1.82, 2.24) is 14.6 Å². The molecule has 5 heteroatoms. The first-order chi connectivity index (χ1) is 6.20. The third-order valence-electron chi connectivity index (χ3n) is 1.91. The lowest BCUT2D eigenvalue weighted by Gasteiger charge is -2.05. The summed E-state index contributed by atoms with van der Waals surface area (Å²) in [6.07, 6.45) is 1.81. The first-order valence-electron chi connectivity index (χ1n) is 3.95. The number of pyridine rings is 1. The van der Waals surface area contributed by atoms with Gasteiger partial charge in [-0.25, -0.2) is 0 Å². The van der Waals surface area contributed by atoms with Gasteiger partial charge in [-0.15, -0.1) is 10.2 Å². The first kappa shape index (κ1) is 8.47. The molecule has 0 saturated carbocycles. The monoisotopic (exact) mass is 196 g/mol. The second-order valence-electron chi connectivity index (χ2n) is 2.91. The minimum atomic E-state index is -0.0658. The van der Waals surface area contributed by atoms with Gasteiger partial charge in [-0.2, -0.15) is 0 Å². The fraction of sp³-hybridized carbons (Fsp3) is 0.250.